The molecule has 0 atom stereocenters. The average Bonchev–Trinajstić information content (AvgIpc) is 2.78. The SMILES string of the molecule is CSC1=NCCN1C(=O)Oc1ccccc1. The predicted molar refractivity (Wildman–Crippen MR) is 65.0 cm³/mol. The molecule has 5 heteroatoms. The molecule has 16 heavy (non-hydrogen) atoms. The number of amides is 1. The number of aliphatic imine (C=N–C) groups is 1. The molecule has 1 amide bonds. The molecule has 0 saturated heterocycles. The minimum Gasteiger partial charge on any atom is -0.410 e. The van der Waals surface area contributed by atoms with Crippen molar-refractivity contribution in [3.05, 3.63) is 30.3 Å². The molecule has 0 N–H and O–H groups in total. The lowest BCUT2D eigenvalue weighted by atomic mass is 10.3. The Balaban J connectivity index is 2.01. The Kier molecular flexibility index (Phi) is 3.46. The van der Waals surface area contributed by atoms with Crippen LogP contribution < -0.4 is 4.74 Å². The molecule has 1 aliphatic heterocycles. The van der Waals surface area contributed by atoms with Gasteiger partial charge in [-0.05, 0) is 18.4 Å². The molecule has 1 aromatic rings. The van der Waals surface area contributed by atoms with Crippen LogP contribution in [0.1, 0.15) is 0 Å². The number of carbonyl (C=O) groups excluding carboxylic acids is 1. The first-order valence-corrected chi connectivity index (χ1v) is 6.16. The van der Waals surface area contributed by atoms with Gasteiger partial charge >= 0.3 is 6.09 Å². The van der Waals surface area contributed by atoms with Gasteiger partial charge in [-0.15, -0.1) is 0 Å². The number of para-hydroxylation sites is 1. The number of rotatable bonds is 1. The van der Waals surface area contributed by atoms with Gasteiger partial charge in [-0.1, -0.05) is 30.0 Å². The van der Waals surface area contributed by atoms with E-state index in [4.69, 9.17) is 4.74 Å². The third-order valence-corrected chi connectivity index (χ3v) is 2.87. The van der Waals surface area contributed by atoms with Gasteiger partial charge in [-0.3, -0.25) is 9.89 Å². The van der Waals surface area contributed by atoms with Crippen molar-refractivity contribution in [3.8, 4) is 5.75 Å². The zero-order valence-electron chi connectivity index (χ0n) is 8.92. The summed E-state index contributed by atoms with van der Waals surface area (Å²) in [6.07, 6.45) is 1.53. The van der Waals surface area contributed by atoms with Crippen molar-refractivity contribution in [2.75, 3.05) is 19.3 Å². The summed E-state index contributed by atoms with van der Waals surface area (Å²) in [6, 6.07) is 9.04. The molecule has 0 unspecified atom stereocenters. The number of hydrogen-bond acceptors (Lipinski definition) is 4. The van der Waals surface area contributed by atoms with Crippen molar-refractivity contribution < 1.29 is 9.53 Å². The van der Waals surface area contributed by atoms with Crippen molar-refractivity contribution in [3.63, 3.8) is 0 Å². The maximum Gasteiger partial charge on any atom is 0.421 e. The number of thioether (sulfide) groups is 1. The highest BCUT2D eigenvalue weighted by molar-refractivity contribution is 8.13. The Morgan fingerprint density at radius 3 is 2.88 bits per heavy atom. The quantitative estimate of drug-likeness (QED) is 0.750. The lowest BCUT2D eigenvalue weighted by Gasteiger charge is -2.15. The summed E-state index contributed by atoms with van der Waals surface area (Å²) in [5.41, 5.74) is 0. The van der Waals surface area contributed by atoms with Crippen molar-refractivity contribution in [1.82, 2.24) is 4.90 Å². The fourth-order valence-electron chi connectivity index (χ4n) is 1.42. The van der Waals surface area contributed by atoms with Crippen LogP contribution in [0.15, 0.2) is 35.3 Å². The Bertz CT molecular complexity index is 406. The van der Waals surface area contributed by atoms with E-state index in [0.29, 0.717) is 18.8 Å². The lowest BCUT2D eigenvalue weighted by Crippen LogP contribution is -2.35. The molecule has 1 aliphatic rings. The summed E-state index contributed by atoms with van der Waals surface area (Å²) in [4.78, 5) is 17.5. The van der Waals surface area contributed by atoms with E-state index in [2.05, 4.69) is 4.99 Å². The molecule has 0 fully saturated rings. The van der Waals surface area contributed by atoms with Gasteiger partial charge in [0, 0.05) is 0 Å². The fraction of sp³-hybridized carbons (Fsp3) is 0.273. The molecule has 84 valence electrons. The minimum absolute atomic E-state index is 0.364. The molecule has 0 radical (unpaired) electrons. The highest BCUT2D eigenvalue weighted by atomic mass is 32.2. The summed E-state index contributed by atoms with van der Waals surface area (Å²) < 4.78 is 5.22. The molecule has 0 saturated carbocycles. The maximum absolute atomic E-state index is 11.8. The number of hydrogen-bond donors (Lipinski definition) is 0. The summed E-state index contributed by atoms with van der Waals surface area (Å²) in [7, 11) is 0. The first-order chi connectivity index (χ1) is 7.81. The van der Waals surface area contributed by atoms with Crippen LogP contribution in [-0.2, 0) is 0 Å². The van der Waals surface area contributed by atoms with E-state index in [0.717, 1.165) is 5.17 Å². The van der Waals surface area contributed by atoms with Crippen LogP contribution in [0.3, 0.4) is 0 Å². The van der Waals surface area contributed by atoms with Gasteiger partial charge < -0.3 is 4.74 Å². The minimum atomic E-state index is -0.364. The van der Waals surface area contributed by atoms with Gasteiger partial charge in [-0.2, -0.15) is 0 Å². The van der Waals surface area contributed by atoms with Gasteiger partial charge in [0.15, 0.2) is 5.17 Å². The van der Waals surface area contributed by atoms with Crippen molar-refractivity contribution in [2.45, 2.75) is 0 Å². The van der Waals surface area contributed by atoms with Crippen molar-refractivity contribution in [1.29, 1.82) is 0 Å². The van der Waals surface area contributed by atoms with Crippen LogP contribution in [0.2, 0.25) is 0 Å². The number of carbonyl (C=O) groups is 1. The van der Waals surface area contributed by atoms with Gasteiger partial charge in [0.1, 0.15) is 5.75 Å². The third-order valence-electron chi connectivity index (χ3n) is 2.15. The van der Waals surface area contributed by atoms with Crippen molar-refractivity contribution >= 4 is 23.0 Å². The molecule has 0 bridgehead atoms. The van der Waals surface area contributed by atoms with E-state index in [-0.39, 0.29) is 6.09 Å². The Morgan fingerprint density at radius 1 is 1.44 bits per heavy atom. The largest absolute Gasteiger partial charge is 0.421 e. The second-order valence-corrected chi connectivity index (χ2v) is 3.97. The summed E-state index contributed by atoms with van der Waals surface area (Å²) in [5.74, 6) is 0.555. The van der Waals surface area contributed by atoms with E-state index < -0.39 is 0 Å². The summed E-state index contributed by atoms with van der Waals surface area (Å²) in [5, 5.41) is 0.723. The summed E-state index contributed by atoms with van der Waals surface area (Å²) >= 11 is 1.45. The second-order valence-electron chi connectivity index (χ2n) is 3.20. The van der Waals surface area contributed by atoms with Gasteiger partial charge in [0.25, 0.3) is 0 Å². The van der Waals surface area contributed by atoms with Crippen LogP contribution in [0.25, 0.3) is 0 Å². The van der Waals surface area contributed by atoms with E-state index in [1.54, 1.807) is 17.0 Å². The molecule has 2 rings (SSSR count). The zero-order valence-corrected chi connectivity index (χ0v) is 9.74. The first-order valence-electron chi connectivity index (χ1n) is 4.94. The van der Waals surface area contributed by atoms with E-state index >= 15 is 0 Å². The van der Waals surface area contributed by atoms with Crippen LogP contribution in [0.4, 0.5) is 4.79 Å². The zero-order chi connectivity index (χ0) is 11.4. The van der Waals surface area contributed by atoms with Crippen molar-refractivity contribution in [2.24, 2.45) is 4.99 Å². The lowest BCUT2D eigenvalue weighted by molar-refractivity contribution is 0.179. The third kappa shape index (κ3) is 2.36. The topological polar surface area (TPSA) is 41.9 Å². The molecule has 1 heterocycles. The Hall–Kier alpha value is -1.49. The summed E-state index contributed by atoms with van der Waals surface area (Å²) in [6.45, 7) is 1.25. The first kappa shape index (κ1) is 11.0. The predicted octanol–water partition coefficient (Wildman–Crippen LogP) is 2.22. The number of amidine groups is 1. The average molecular weight is 236 g/mol. The molecule has 0 spiro atoms. The van der Waals surface area contributed by atoms with Crippen LogP contribution in [0.5, 0.6) is 5.75 Å². The van der Waals surface area contributed by atoms with Crippen LogP contribution >= 0.6 is 11.8 Å². The van der Waals surface area contributed by atoms with E-state index in [1.165, 1.54) is 11.8 Å². The molecule has 4 nitrogen and oxygen atoms in total. The number of ether oxygens (including phenoxy) is 1. The molecular weight excluding hydrogens is 224 g/mol. The molecule has 0 aliphatic carbocycles. The van der Waals surface area contributed by atoms with Gasteiger partial charge in [0.05, 0.1) is 13.1 Å². The Morgan fingerprint density at radius 2 is 2.19 bits per heavy atom. The number of nitrogens with zero attached hydrogens (tertiary/aromatic N) is 2. The molecule has 1 aromatic carbocycles. The fourth-order valence-corrected chi connectivity index (χ4v) is 2.02. The Labute approximate surface area is 98.3 Å². The van der Waals surface area contributed by atoms with E-state index in [1.807, 2.05) is 24.5 Å². The molecular formula is C11H12N2O2S. The van der Waals surface area contributed by atoms with Crippen LogP contribution in [0, 0.1) is 0 Å². The number of benzene rings is 1. The highest BCUT2D eigenvalue weighted by Crippen LogP contribution is 2.15. The normalized spacial score (nSPS) is 14.8. The van der Waals surface area contributed by atoms with Gasteiger partial charge in [0.2, 0.25) is 0 Å². The maximum atomic E-state index is 11.8. The smallest absolute Gasteiger partial charge is 0.410 e. The standard InChI is InChI=1S/C11H12N2O2S/c1-16-10-12-7-8-13(10)11(14)15-9-5-3-2-4-6-9/h2-6H,7-8H2,1H3. The van der Waals surface area contributed by atoms with Gasteiger partial charge in [-0.25, -0.2) is 4.79 Å². The second kappa shape index (κ2) is 5.03. The monoisotopic (exact) mass is 236 g/mol. The highest BCUT2D eigenvalue weighted by Gasteiger charge is 2.24. The molecule has 0 aromatic heterocycles. The van der Waals surface area contributed by atoms with Crippen LogP contribution in [-0.4, -0.2) is 35.5 Å². The van der Waals surface area contributed by atoms with E-state index in [9.17, 15) is 4.79 Å².